The number of ether oxygens (including phenoxy) is 1. The lowest BCUT2D eigenvalue weighted by molar-refractivity contribution is 0.471. The highest BCUT2D eigenvalue weighted by molar-refractivity contribution is 5.66. The van der Waals surface area contributed by atoms with Gasteiger partial charge in [-0.1, -0.05) is 59.7 Å². The van der Waals surface area contributed by atoms with Gasteiger partial charge in [-0.05, 0) is 63.1 Å². The molecule has 3 aromatic rings. The summed E-state index contributed by atoms with van der Waals surface area (Å²) in [7, 11) is 0. The van der Waals surface area contributed by atoms with Crippen molar-refractivity contribution in [3.63, 3.8) is 0 Å². The lowest BCUT2D eigenvalue weighted by Crippen LogP contribution is -2.16. The molecule has 1 heterocycles. The normalized spacial score (nSPS) is 12.3. The number of para-hydroxylation sites is 1. The van der Waals surface area contributed by atoms with Crippen LogP contribution in [0.15, 0.2) is 36.4 Å². The smallest absolute Gasteiger partial charge is 0.183 e. The van der Waals surface area contributed by atoms with Gasteiger partial charge in [-0.2, -0.15) is 0 Å². The summed E-state index contributed by atoms with van der Waals surface area (Å²) in [5.41, 5.74) is 4.44. The van der Waals surface area contributed by atoms with E-state index in [9.17, 15) is 0 Å². The van der Waals surface area contributed by atoms with E-state index in [1.165, 1.54) is 11.1 Å². The second-order valence-electron chi connectivity index (χ2n) is 9.05. The minimum absolute atomic E-state index is 0.0305. The minimum Gasteiger partial charge on any atom is -0.456 e. The summed E-state index contributed by atoms with van der Waals surface area (Å²) >= 11 is 0. The highest BCUT2D eigenvalue weighted by Gasteiger charge is 2.22. The van der Waals surface area contributed by atoms with Crippen LogP contribution in [0.3, 0.4) is 0 Å². The lowest BCUT2D eigenvalue weighted by Gasteiger charge is -2.26. The van der Waals surface area contributed by atoms with Gasteiger partial charge >= 0.3 is 0 Å². The molecular weight excluding hydrogens is 336 g/mol. The molecule has 1 N–H and O–H groups in total. The average molecular weight is 364 g/mol. The molecule has 5 nitrogen and oxygen atoms in total. The number of tetrazole rings is 1. The standard InChI is InChI=1S/C22H28N4O/c1-14-9-8-10-18(20-23-25-26-24-20)19(14)27-17-12-15(21(2,3)4)11-16(13-17)22(5,6)7/h8-13H,1-7H3,(H,23,24,25,26). The topological polar surface area (TPSA) is 63.7 Å². The summed E-state index contributed by atoms with van der Waals surface area (Å²) in [6, 6.07) is 12.5. The first kappa shape index (κ1) is 19.1. The second kappa shape index (κ2) is 6.80. The van der Waals surface area contributed by atoms with Crippen LogP contribution in [0.4, 0.5) is 0 Å². The molecule has 0 aliphatic heterocycles. The van der Waals surface area contributed by atoms with Crippen LogP contribution in [-0.2, 0) is 10.8 Å². The van der Waals surface area contributed by atoms with Gasteiger partial charge in [-0.25, -0.2) is 5.10 Å². The quantitative estimate of drug-likeness (QED) is 0.660. The predicted octanol–water partition coefficient (Wildman–Crippen LogP) is 5.56. The molecule has 0 aliphatic rings. The van der Waals surface area contributed by atoms with Crippen molar-refractivity contribution < 1.29 is 4.74 Å². The van der Waals surface area contributed by atoms with Crippen LogP contribution in [0.25, 0.3) is 11.4 Å². The Morgan fingerprint density at radius 1 is 0.889 bits per heavy atom. The van der Waals surface area contributed by atoms with Crippen molar-refractivity contribution in [2.75, 3.05) is 0 Å². The van der Waals surface area contributed by atoms with E-state index in [0.717, 1.165) is 22.6 Å². The summed E-state index contributed by atoms with van der Waals surface area (Å²) in [5, 5.41) is 14.3. The fraction of sp³-hybridized carbons (Fsp3) is 0.409. The molecule has 0 saturated carbocycles. The zero-order valence-corrected chi connectivity index (χ0v) is 17.2. The fourth-order valence-electron chi connectivity index (χ4n) is 2.89. The number of nitrogens with one attached hydrogen (secondary N) is 1. The first-order chi connectivity index (χ1) is 12.6. The Labute approximate surface area is 161 Å². The summed E-state index contributed by atoms with van der Waals surface area (Å²) < 4.78 is 6.42. The van der Waals surface area contributed by atoms with E-state index in [1.54, 1.807) is 0 Å². The minimum atomic E-state index is 0.0305. The van der Waals surface area contributed by atoms with E-state index >= 15 is 0 Å². The molecule has 0 radical (unpaired) electrons. The summed E-state index contributed by atoms with van der Waals surface area (Å²) in [6.07, 6.45) is 0. The van der Waals surface area contributed by atoms with Gasteiger partial charge in [0.25, 0.3) is 0 Å². The van der Waals surface area contributed by atoms with Crippen molar-refractivity contribution >= 4 is 0 Å². The van der Waals surface area contributed by atoms with Gasteiger partial charge in [0.15, 0.2) is 5.82 Å². The molecule has 5 heteroatoms. The highest BCUT2D eigenvalue weighted by Crippen LogP contribution is 2.38. The molecule has 2 aromatic carbocycles. The molecule has 0 atom stereocenters. The van der Waals surface area contributed by atoms with E-state index in [4.69, 9.17) is 4.74 Å². The van der Waals surface area contributed by atoms with Crippen molar-refractivity contribution in [2.45, 2.75) is 59.3 Å². The zero-order chi connectivity index (χ0) is 19.8. The molecule has 0 fully saturated rings. The predicted molar refractivity (Wildman–Crippen MR) is 108 cm³/mol. The molecule has 1 aromatic heterocycles. The number of H-pyrrole nitrogens is 1. The summed E-state index contributed by atoms with van der Waals surface area (Å²) in [4.78, 5) is 0. The van der Waals surface area contributed by atoms with Crippen molar-refractivity contribution in [1.82, 2.24) is 20.6 Å². The number of hydrogen-bond acceptors (Lipinski definition) is 4. The first-order valence-corrected chi connectivity index (χ1v) is 9.23. The van der Waals surface area contributed by atoms with Gasteiger partial charge < -0.3 is 4.74 Å². The Bertz CT molecular complexity index is 900. The van der Waals surface area contributed by atoms with Crippen molar-refractivity contribution in [3.8, 4) is 22.9 Å². The molecule has 142 valence electrons. The number of aromatic amines is 1. The van der Waals surface area contributed by atoms with E-state index < -0.39 is 0 Å². The van der Waals surface area contributed by atoms with Crippen LogP contribution in [0.5, 0.6) is 11.5 Å². The van der Waals surface area contributed by atoms with Crippen LogP contribution in [-0.4, -0.2) is 20.6 Å². The van der Waals surface area contributed by atoms with Crippen LogP contribution in [0, 0.1) is 6.92 Å². The number of nitrogens with zero attached hydrogens (tertiary/aromatic N) is 3. The number of benzene rings is 2. The Balaban J connectivity index is 2.11. The number of aromatic nitrogens is 4. The van der Waals surface area contributed by atoms with Crippen molar-refractivity contribution in [2.24, 2.45) is 0 Å². The van der Waals surface area contributed by atoms with Crippen molar-refractivity contribution in [3.05, 3.63) is 53.1 Å². The Morgan fingerprint density at radius 2 is 1.52 bits per heavy atom. The third-order valence-electron chi connectivity index (χ3n) is 4.67. The van der Waals surface area contributed by atoms with Gasteiger partial charge in [-0.3, -0.25) is 0 Å². The third kappa shape index (κ3) is 4.18. The highest BCUT2D eigenvalue weighted by atomic mass is 16.5. The average Bonchev–Trinajstić information content (AvgIpc) is 3.09. The van der Waals surface area contributed by atoms with Crippen molar-refractivity contribution in [1.29, 1.82) is 0 Å². The Kier molecular flexibility index (Phi) is 4.81. The molecule has 0 unspecified atom stereocenters. The summed E-state index contributed by atoms with van der Waals surface area (Å²) in [6.45, 7) is 15.3. The van der Waals surface area contributed by atoms with Crippen LogP contribution >= 0.6 is 0 Å². The Hall–Kier alpha value is -2.69. The monoisotopic (exact) mass is 364 g/mol. The first-order valence-electron chi connectivity index (χ1n) is 9.23. The third-order valence-corrected chi connectivity index (χ3v) is 4.67. The van der Waals surface area contributed by atoms with Gasteiger partial charge in [-0.15, -0.1) is 5.10 Å². The second-order valence-corrected chi connectivity index (χ2v) is 9.05. The maximum Gasteiger partial charge on any atom is 0.183 e. The largest absolute Gasteiger partial charge is 0.456 e. The molecule has 0 bridgehead atoms. The van der Waals surface area contributed by atoms with E-state index in [-0.39, 0.29) is 10.8 Å². The maximum absolute atomic E-state index is 6.42. The van der Waals surface area contributed by atoms with Crippen LogP contribution < -0.4 is 4.74 Å². The van der Waals surface area contributed by atoms with E-state index in [0.29, 0.717) is 5.82 Å². The summed E-state index contributed by atoms with van der Waals surface area (Å²) in [5.74, 6) is 2.19. The SMILES string of the molecule is Cc1cccc(-c2nnn[nH]2)c1Oc1cc(C(C)(C)C)cc(C(C)(C)C)c1. The molecular formula is C22H28N4O. The van der Waals surface area contributed by atoms with Gasteiger partial charge in [0.1, 0.15) is 11.5 Å². The van der Waals surface area contributed by atoms with Crippen LogP contribution in [0.1, 0.15) is 58.2 Å². The molecule has 0 aliphatic carbocycles. The van der Waals surface area contributed by atoms with Gasteiger partial charge in [0, 0.05) is 0 Å². The van der Waals surface area contributed by atoms with Gasteiger partial charge in [0.05, 0.1) is 5.56 Å². The number of hydrogen-bond donors (Lipinski definition) is 1. The van der Waals surface area contributed by atoms with Crippen LogP contribution in [0.2, 0.25) is 0 Å². The zero-order valence-electron chi connectivity index (χ0n) is 17.2. The number of aryl methyl sites for hydroxylation is 1. The molecule has 0 amide bonds. The Morgan fingerprint density at radius 3 is 2.04 bits per heavy atom. The van der Waals surface area contributed by atoms with E-state index in [2.05, 4.69) is 80.4 Å². The maximum atomic E-state index is 6.42. The van der Waals surface area contributed by atoms with Gasteiger partial charge in [0.2, 0.25) is 0 Å². The van der Waals surface area contributed by atoms with E-state index in [1.807, 2.05) is 25.1 Å². The number of rotatable bonds is 3. The molecule has 3 rings (SSSR count). The fourth-order valence-corrected chi connectivity index (χ4v) is 2.89. The molecule has 27 heavy (non-hydrogen) atoms. The molecule has 0 saturated heterocycles. The molecule has 0 spiro atoms. The lowest BCUT2D eigenvalue weighted by atomic mass is 9.80.